The maximum Gasteiger partial charge on any atom is 0.277 e. The van der Waals surface area contributed by atoms with E-state index < -0.39 is 0 Å². The second-order valence-electron chi connectivity index (χ2n) is 6.59. The molecule has 1 aromatic rings. The summed E-state index contributed by atoms with van der Waals surface area (Å²) in [5.41, 5.74) is 0. The van der Waals surface area contributed by atoms with Gasteiger partial charge < -0.3 is 14.1 Å². The summed E-state index contributed by atoms with van der Waals surface area (Å²) in [6.45, 7) is 5.30. The van der Waals surface area contributed by atoms with Crippen LogP contribution >= 0.6 is 11.8 Å². The van der Waals surface area contributed by atoms with Gasteiger partial charge in [-0.25, -0.2) is 0 Å². The van der Waals surface area contributed by atoms with Crippen LogP contribution in [-0.4, -0.2) is 52.1 Å². The van der Waals surface area contributed by atoms with E-state index in [1.807, 2.05) is 18.7 Å². The molecular weight excluding hydrogens is 314 g/mol. The van der Waals surface area contributed by atoms with Crippen molar-refractivity contribution in [1.82, 2.24) is 15.1 Å². The van der Waals surface area contributed by atoms with Crippen LogP contribution in [0.1, 0.15) is 57.8 Å². The number of carbonyl (C=O) groups excluding carboxylic acids is 1. The first-order valence-corrected chi connectivity index (χ1v) is 9.50. The molecule has 3 rings (SSSR count). The monoisotopic (exact) mass is 339 g/mol. The first-order valence-electron chi connectivity index (χ1n) is 8.51. The number of aromatic nitrogens is 2. The number of morpholine rings is 1. The van der Waals surface area contributed by atoms with Gasteiger partial charge in [0, 0.05) is 19.0 Å². The lowest BCUT2D eigenvalue weighted by atomic mass is 9.89. The minimum atomic E-state index is 0.0917. The molecule has 1 amide bonds. The number of ether oxygens (including phenoxy) is 1. The van der Waals surface area contributed by atoms with Gasteiger partial charge in [0.2, 0.25) is 11.8 Å². The number of thioether (sulfide) groups is 1. The molecule has 128 valence electrons. The molecule has 0 N–H and O–H groups in total. The molecule has 1 aliphatic carbocycles. The van der Waals surface area contributed by atoms with Gasteiger partial charge in [0.1, 0.15) is 0 Å². The van der Waals surface area contributed by atoms with Crippen molar-refractivity contribution in [2.24, 2.45) is 0 Å². The van der Waals surface area contributed by atoms with Gasteiger partial charge >= 0.3 is 0 Å². The van der Waals surface area contributed by atoms with Crippen molar-refractivity contribution >= 4 is 17.7 Å². The Labute approximate surface area is 141 Å². The summed E-state index contributed by atoms with van der Waals surface area (Å²) in [6.07, 6.45) is 6.23. The van der Waals surface area contributed by atoms with E-state index in [2.05, 4.69) is 10.2 Å². The summed E-state index contributed by atoms with van der Waals surface area (Å²) in [5, 5.41) is 8.77. The van der Waals surface area contributed by atoms with Crippen molar-refractivity contribution in [3.63, 3.8) is 0 Å². The van der Waals surface area contributed by atoms with Crippen LogP contribution in [0, 0.1) is 0 Å². The van der Waals surface area contributed by atoms with Crippen LogP contribution in [0.2, 0.25) is 0 Å². The minimum Gasteiger partial charge on any atom is -0.416 e. The number of nitrogens with zero attached hydrogens (tertiary/aromatic N) is 3. The molecule has 0 spiro atoms. The Hall–Kier alpha value is -1.08. The van der Waals surface area contributed by atoms with E-state index in [1.165, 1.54) is 31.0 Å². The third kappa shape index (κ3) is 4.47. The molecule has 1 aromatic heterocycles. The largest absolute Gasteiger partial charge is 0.416 e. The molecule has 0 aromatic carbocycles. The van der Waals surface area contributed by atoms with E-state index in [4.69, 9.17) is 9.15 Å². The van der Waals surface area contributed by atoms with Gasteiger partial charge in [-0.15, -0.1) is 10.2 Å². The Bertz CT molecular complexity index is 520. The van der Waals surface area contributed by atoms with E-state index in [0.717, 1.165) is 18.7 Å². The summed E-state index contributed by atoms with van der Waals surface area (Å²) in [7, 11) is 0. The molecule has 6 nitrogen and oxygen atoms in total. The number of amides is 1. The average molecular weight is 339 g/mol. The molecule has 2 heterocycles. The normalized spacial score (nSPS) is 26.4. The fraction of sp³-hybridized carbons (Fsp3) is 0.812. The minimum absolute atomic E-state index is 0.0917. The Morgan fingerprint density at radius 1 is 1.17 bits per heavy atom. The highest BCUT2D eigenvalue weighted by Gasteiger charge is 2.26. The first kappa shape index (κ1) is 16.8. The number of carbonyl (C=O) groups is 1. The van der Waals surface area contributed by atoms with Crippen molar-refractivity contribution < 1.29 is 13.9 Å². The number of hydrogen-bond donors (Lipinski definition) is 0. The fourth-order valence-corrected chi connectivity index (χ4v) is 4.06. The van der Waals surface area contributed by atoms with Crippen LogP contribution in [-0.2, 0) is 9.53 Å². The van der Waals surface area contributed by atoms with Gasteiger partial charge in [-0.2, -0.15) is 0 Å². The predicted molar refractivity (Wildman–Crippen MR) is 87.4 cm³/mol. The molecule has 1 saturated carbocycles. The zero-order valence-corrected chi connectivity index (χ0v) is 14.7. The smallest absolute Gasteiger partial charge is 0.277 e. The molecule has 2 aliphatic rings. The second kappa shape index (κ2) is 7.66. The lowest BCUT2D eigenvalue weighted by Gasteiger charge is -2.35. The topological polar surface area (TPSA) is 68.5 Å². The molecule has 7 heteroatoms. The van der Waals surface area contributed by atoms with E-state index in [1.54, 1.807) is 0 Å². The van der Waals surface area contributed by atoms with Crippen molar-refractivity contribution in [3.8, 4) is 0 Å². The van der Waals surface area contributed by atoms with E-state index in [-0.39, 0.29) is 18.1 Å². The quantitative estimate of drug-likeness (QED) is 0.786. The van der Waals surface area contributed by atoms with Gasteiger partial charge in [0.25, 0.3) is 5.22 Å². The molecular formula is C16H25N3O3S. The molecule has 1 saturated heterocycles. The van der Waals surface area contributed by atoms with Crippen LogP contribution in [0.25, 0.3) is 0 Å². The Morgan fingerprint density at radius 3 is 2.57 bits per heavy atom. The van der Waals surface area contributed by atoms with Crippen molar-refractivity contribution in [3.05, 3.63) is 5.89 Å². The Balaban J connectivity index is 1.50. The van der Waals surface area contributed by atoms with Crippen LogP contribution in [0.5, 0.6) is 0 Å². The maximum atomic E-state index is 12.3. The zero-order valence-electron chi connectivity index (χ0n) is 13.9. The van der Waals surface area contributed by atoms with E-state index in [9.17, 15) is 4.79 Å². The highest BCUT2D eigenvalue weighted by atomic mass is 32.2. The SMILES string of the molecule is CC1CN(C(=O)CSc2nnc(C3CCCCC3)o2)CC(C)O1. The van der Waals surface area contributed by atoms with Crippen LogP contribution in [0.3, 0.4) is 0 Å². The van der Waals surface area contributed by atoms with Gasteiger partial charge in [-0.3, -0.25) is 4.79 Å². The summed E-state index contributed by atoms with van der Waals surface area (Å²) in [5.74, 6) is 1.59. The lowest BCUT2D eigenvalue weighted by molar-refractivity contribution is -0.140. The van der Waals surface area contributed by atoms with Crippen molar-refractivity contribution in [2.45, 2.75) is 69.3 Å². The van der Waals surface area contributed by atoms with Crippen molar-refractivity contribution in [2.75, 3.05) is 18.8 Å². The van der Waals surface area contributed by atoms with Gasteiger partial charge in [-0.05, 0) is 26.7 Å². The number of rotatable bonds is 4. The molecule has 2 unspecified atom stereocenters. The standard InChI is InChI=1S/C16H25N3O3S/c1-11-8-19(9-12(2)21-11)14(20)10-23-16-18-17-15(22-16)13-6-4-3-5-7-13/h11-13H,3-10H2,1-2H3. The van der Waals surface area contributed by atoms with Crippen LogP contribution < -0.4 is 0 Å². The lowest BCUT2D eigenvalue weighted by Crippen LogP contribution is -2.48. The fourth-order valence-electron chi connectivity index (χ4n) is 3.39. The average Bonchev–Trinajstić information content (AvgIpc) is 3.01. The number of hydrogen-bond acceptors (Lipinski definition) is 6. The highest BCUT2D eigenvalue weighted by molar-refractivity contribution is 7.99. The molecule has 2 fully saturated rings. The highest BCUT2D eigenvalue weighted by Crippen LogP contribution is 2.32. The predicted octanol–water partition coefficient (Wildman–Crippen LogP) is 2.85. The first-order chi connectivity index (χ1) is 11.1. The summed E-state index contributed by atoms with van der Waals surface area (Å²) in [4.78, 5) is 14.2. The van der Waals surface area contributed by atoms with Gasteiger partial charge in [0.15, 0.2) is 0 Å². The molecule has 0 bridgehead atoms. The maximum absolute atomic E-state index is 12.3. The zero-order chi connectivity index (χ0) is 16.2. The summed E-state index contributed by atoms with van der Waals surface area (Å²) >= 11 is 1.34. The Morgan fingerprint density at radius 2 is 1.87 bits per heavy atom. The summed E-state index contributed by atoms with van der Waals surface area (Å²) in [6, 6.07) is 0. The molecule has 0 radical (unpaired) electrons. The van der Waals surface area contributed by atoms with Gasteiger partial charge in [-0.1, -0.05) is 31.0 Å². The molecule has 2 atom stereocenters. The van der Waals surface area contributed by atoms with E-state index in [0.29, 0.717) is 30.0 Å². The van der Waals surface area contributed by atoms with Gasteiger partial charge in [0.05, 0.1) is 18.0 Å². The third-order valence-electron chi connectivity index (χ3n) is 4.47. The summed E-state index contributed by atoms with van der Waals surface area (Å²) < 4.78 is 11.4. The van der Waals surface area contributed by atoms with E-state index >= 15 is 0 Å². The van der Waals surface area contributed by atoms with Crippen molar-refractivity contribution in [1.29, 1.82) is 0 Å². The van der Waals surface area contributed by atoms with Crippen LogP contribution in [0.4, 0.5) is 0 Å². The van der Waals surface area contributed by atoms with Crippen LogP contribution in [0.15, 0.2) is 9.64 Å². The second-order valence-corrected chi connectivity index (χ2v) is 7.51. The molecule has 23 heavy (non-hydrogen) atoms. The Kier molecular flexibility index (Phi) is 5.58. The molecule has 1 aliphatic heterocycles. The third-order valence-corrected chi connectivity index (χ3v) is 5.27.